The monoisotopic (exact) mass is 1150 g/mol. The van der Waals surface area contributed by atoms with Gasteiger partial charge in [0.1, 0.15) is 12.9 Å². The van der Waals surface area contributed by atoms with Crippen molar-refractivity contribution in [1.29, 1.82) is 0 Å². The SMILES string of the molecule is N[C@](I)(C(=O)O)C(I)(I)c1cc(I)c(Oc2cc(I)c(O)c(I)c2)c(I)c1. The van der Waals surface area contributed by atoms with Crippen molar-refractivity contribution < 1.29 is 19.7 Å². The number of phenols is 1. The van der Waals surface area contributed by atoms with Crippen LogP contribution in [0, 0.1) is 14.3 Å². The summed E-state index contributed by atoms with van der Waals surface area (Å²) < 4.78 is 6.80. The van der Waals surface area contributed by atoms with Crippen molar-refractivity contribution in [2.24, 2.45) is 5.73 Å². The molecule has 0 saturated carbocycles. The van der Waals surface area contributed by atoms with Gasteiger partial charge in [-0.25, -0.2) is 4.79 Å². The van der Waals surface area contributed by atoms with E-state index in [4.69, 9.17) is 10.5 Å². The third kappa shape index (κ3) is 5.69. The summed E-state index contributed by atoms with van der Waals surface area (Å²) in [6.45, 7) is 0. The minimum atomic E-state index is -1.48. The van der Waals surface area contributed by atoms with Gasteiger partial charge in [0.2, 0.25) is 0 Å². The number of ether oxygens (including phenoxy) is 1. The predicted molar refractivity (Wildman–Crippen MR) is 164 cm³/mol. The molecule has 0 amide bonds. The van der Waals surface area contributed by atoms with Crippen LogP contribution in [0.3, 0.4) is 0 Å². The molecule has 5 nitrogen and oxygen atoms in total. The van der Waals surface area contributed by atoms with Crippen LogP contribution >= 0.6 is 158 Å². The van der Waals surface area contributed by atoms with Crippen LogP contribution in [0.5, 0.6) is 17.2 Å². The van der Waals surface area contributed by atoms with Gasteiger partial charge in [0, 0.05) is 0 Å². The lowest BCUT2D eigenvalue weighted by molar-refractivity contribution is -0.139. The first-order valence-corrected chi connectivity index (χ1v) is 14.3. The Kier molecular flexibility index (Phi) is 9.59. The Hall–Kier alpha value is 2.58. The van der Waals surface area contributed by atoms with Crippen LogP contribution in [-0.4, -0.2) is 19.7 Å². The molecule has 27 heavy (non-hydrogen) atoms. The Labute approximate surface area is 251 Å². The topological polar surface area (TPSA) is 92.8 Å². The molecule has 0 aromatic heterocycles. The number of phenolic OH excluding ortho intramolecular Hbond substituents is 1. The molecule has 0 unspecified atom stereocenters. The van der Waals surface area contributed by atoms with Crippen LogP contribution in [0.4, 0.5) is 0 Å². The highest BCUT2D eigenvalue weighted by Gasteiger charge is 2.51. The maximum Gasteiger partial charge on any atom is 0.336 e. The summed E-state index contributed by atoms with van der Waals surface area (Å²) in [5.74, 6) is 0.448. The van der Waals surface area contributed by atoms with Gasteiger partial charge in [-0.1, -0.05) is 45.2 Å². The van der Waals surface area contributed by atoms with Crippen molar-refractivity contribution >= 4 is 164 Å². The van der Waals surface area contributed by atoms with E-state index in [0.717, 1.165) is 12.7 Å². The molecule has 1 atom stereocenters. The average Bonchev–Trinajstić information content (AvgIpc) is 2.55. The zero-order valence-electron chi connectivity index (χ0n) is 12.7. The van der Waals surface area contributed by atoms with Crippen LogP contribution in [0.15, 0.2) is 24.3 Å². The van der Waals surface area contributed by atoms with Crippen molar-refractivity contribution in [2.75, 3.05) is 0 Å². The lowest BCUT2D eigenvalue weighted by Gasteiger charge is -2.33. The lowest BCUT2D eigenvalue weighted by atomic mass is 10.1. The second-order valence-electron chi connectivity index (χ2n) is 5.20. The molecular formula is C15H8I7NO4. The zero-order chi connectivity index (χ0) is 20.7. The predicted octanol–water partition coefficient (Wildman–Crippen LogP) is 6.80. The molecule has 2 rings (SSSR count). The highest BCUT2D eigenvalue weighted by molar-refractivity contribution is 14.2. The molecular weight excluding hydrogens is 1150 g/mol. The van der Waals surface area contributed by atoms with Crippen LogP contribution < -0.4 is 10.5 Å². The third-order valence-corrected chi connectivity index (χ3v) is 12.9. The fourth-order valence-corrected chi connectivity index (χ4v) is 7.00. The number of aliphatic carboxylic acids is 1. The maximum atomic E-state index is 11.6. The second-order valence-corrected chi connectivity index (χ2v) is 16.8. The number of halogens is 7. The zero-order valence-corrected chi connectivity index (χ0v) is 27.8. The molecule has 4 N–H and O–H groups in total. The summed E-state index contributed by atoms with van der Waals surface area (Å²) in [6, 6.07) is 7.30. The number of carboxylic acid groups (broad SMARTS) is 1. The van der Waals surface area contributed by atoms with Gasteiger partial charge in [0.25, 0.3) is 0 Å². The molecule has 2 aromatic rings. The number of carbonyl (C=O) groups is 1. The molecule has 0 fully saturated rings. The normalized spacial score (nSPS) is 13.9. The largest absolute Gasteiger partial charge is 0.506 e. The third-order valence-electron chi connectivity index (χ3n) is 3.34. The molecule has 0 bridgehead atoms. The summed E-state index contributed by atoms with van der Waals surface area (Å²) in [4.78, 5) is 11.6. The molecule has 0 aliphatic rings. The molecule has 0 saturated heterocycles. The van der Waals surface area contributed by atoms with E-state index in [9.17, 15) is 15.0 Å². The molecule has 0 heterocycles. The first kappa shape index (κ1) is 25.8. The van der Waals surface area contributed by atoms with E-state index < -0.39 is 10.9 Å². The Morgan fingerprint density at radius 3 is 1.78 bits per heavy atom. The van der Waals surface area contributed by atoms with Crippen LogP contribution in [0.2, 0.25) is 0 Å². The second kappa shape index (κ2) is 10.0. The van der Waals surface area contributed by atoms with Crippen molar-refractivity contribution in [1.82, 2.24) is 0 Å². The number of benzene rings is 2. The van der Waals surface area contributed by atoms with Crippen LogP contribution in [-0.2, 0) is 6.22 Å². The quantitative estimate of drug-likeness (QED) is 0.174. The van der Waals surface area contributed by atoms with Gasteiger partial charge < -0.3 is 20.7 Å². The van der Waals surface area contributed by atoms with Gasteiger partial charge in [0.05, 0.1) is 14.3 Å². The smallest absolute Gasteiger partial charge is 0.336 e. The van der Waals surface area contributed by atoms with E-state index in [2.05, 4.69) is 136 Å². The Morgan fingerprint density at radius 2 is 1.37 bits per heavy atom. The fourth-order valence-electron chi connectivity index (χ4n) is 1.90. The molecule has 12 heteroatoms. The summed E-state index contributed by atoms with van der Waals surface area (Å²) in [5, 5.41) is 19.4. The van der Waals surface area contributed by atoms with E-state index in [1.54, 1.807) is 34.7 Å². The summed E-state index contributed by atoms with van der Waals surface area (Å²) in [5.41, 5.74) is 6.88. The minimum Gasteiger partial charge on any atom is -0.506 e. The molecule has 0 aliphatic heterocycles. The van der Waals surface area contributed by atoms with Crippen molar-refractivity contribution in [3.63, 3.8) is 0 Å². The van der Waals surface area contributed by atoms with E-state index in [0.29, 0.717) is 18.6 Å². The van der Waals surface area contributed by atoms with Gasteiger partial charge in [-0.15, -0.1) is 0 Å². The number of hydrogen-bond donors (Lipinski definition) is 3. The summed E-state index contributed by atoms with van der Waals surface area (Å²) >= 11 is 14.4. The minimum absolute atomic E-state index is 0.234. The fraction of sp³-hybridized carbons (Fsp3) is 0.133. The van der Waals surface area contributed by atoms with Crippen molar-refractivity contribution in [2.45, 2.75) is 4.97 Å². The number of rotatable bonds is 5. The molecule has 2 aromatic carbocycles. The lowest BCUT2D eigenvalue weighted by Crippen LogP contribution is -2.52. The van der Waals surface area contributed by atoms with Gasteiger partial charge in [-0.05, 0) is 143 Å². The highest BCUT2D eigenvalue weighted by Crippen LogP contribution is 2.52. The van der Waals surface area contributed by atoms with Crippen molar-refractivity contribution in [3.8, 4) is 17.2 Å². The summed E-state index contributed by atoms with van der Waals surface area (Å²) in [7, 11) is 0. The van der Waals surface area contributed by atoms with E-state index >= 15 is 0 Å². The molecule has 0 radical (unpaired) electrons. The van der Waals surface area contributed by atoms with Gasteiger partial charge in [-0.3, -0.25) is 0 Å². The molecule has 0 spiro atoms. The van der Waals surface area contributed by atoms with Crippen LogP contribution in [0.25, 0.3) is 0 Å². The number of alkyl halides is 3. The number of hydrogen-bond acceptors (Lipinski definition) is 4. The van der Waals surface area contributed by atoms with Gasteiger partial charge in [-0.2, -0.15) is 0 Å². The number of nitrogens with two attached hydrogens (primary N) is 1. The van der Waals surface area contributed by atoms with E-state index in [1.807, 2.05) is 12.1 Å². The first-order valence-electron chi connectivity index (χ1n) is 6.73. The highest BCUT2D eigenvalue weighted by atomic mass is 127. The Morgan fingerprint density at radius 1 is 0.926 bits per heavy atom. The van der Waals surface area contributed by atoms with Gasteiger partial charge >= 0.3 is 5.97 Å². The standard InChI is InChI=1S/C15H8I7NO4/c16-7-3-6(4-8(17)11(7)24)27-12-9(18)1-5(2-10(12)19)14(20,21)15(22,23)13(25)26/h1-4,24H,23H2,(H,25,26)/t15-/m1/s1. The average molecular weight is 1150 g/mol. The Balaban J connectivity index is 2.48. The number of carboxylic acids is 1. The first-order chi connectivity index (χ1) is 12.3. The van der Waals surface area contributed by atoms with Gasteiger partial charge in [0.15, 0.2) is 9.30 Å². The number of aromatic hydroxyl groups is 1. The molecule has 0 aliphatic carbocycles. The van der Waals surface area contributed by atoms with Crippen molar-refractivity contribution in [3.05, 3.63) is 44.1 Å². The summed E-state index contributed by atoms with van der Waals surface area (Å²) in [6.07, 6.45) is 0. The molecule has 146 valence electrons. The van der Waals surface area contributed by atoms with E-state index in [-0.39, 0.29) is 5.75 Å². The Bertz CT molecular complexity index is 871. The maximum absolute atomic E-state index is 11.6. The van der Waals surface area contributed by atoms with Crippen LogP contribution in [0.1, 0.15) is 5.56 Å². The van der Waals surface area contributed by atoms with E-state index in [1.165, 1.54) is 0 Å².